The lowest BCUT2D eigenvalue weighted by Crippen LogP contribution is -2.14. The molecule has 1 heterocycles. The summed E-state index contributed by atoms with van der Waals surface area (Å²) < 4.78 is 28.4. The lowest BCUT2D eigenvalue weighted by molar-refractivity contribution is 0.0692. The van der Waals surface area contributed by atoms with Gasteiger partial charge in [0.15, 0.2) is 0 Å². The predicted octanol–water partition coefficient (Wildman–Crippen LogP) is 5.63. The molecule has 0 atom stereocenters. The summed E-state index contributed by atoms with van der Waals surface area (Å²) in [6, 6.07) is 21.0. The van der Waals surface area contributed by atoms with Crippen molar-refractivity contribution in [1.82, 2.24) is 4.98 Å². The zero-order valence-corrected chi connectivity index (χ0v) is 18.8. The van der Waals surface area contributed by atoms with E-state index in [0.29, 0.717) is 22.2 Å². The van der Waals surface area contributed by atoms with Crippen LogP contribution in [0.4, 0.5) is 5.69 Å². The summed E-state index contributed by atoms with van der Waals surface area (Å²) in [6.07, 6.45) is 0. The first kappa shape index (κ1) is 21.6. The number of fused-ring (bicyclic) bond motifs is 1. The summed E-state index contributed by atoms with van der Waals surface area (Å²) in [6.45, 7) is 6.19. The Labute approximate surface area is 187 Å². The molecule has 0 saturated heterocycles. The average Bonchev–Trinajstić information content (AvgIpc) is 3.13. The molecular weight excluding hydrogens is 424 g/mol. The minimum Gasteiger partial charge on any atom is -0.477 e. The van der Waals surface area contributed by atoms with E-state index >= 15 is 0 Å². The number of benzene rings is 3. The zero-order valence-electron chi connectivity index (χ0n) is 18.0. The normalized spacial score (nSPS) is 12.1. The molecule has 0 unspecified atom stereocenters. The Balaban J connectivity index is 1.71. The number of anilines is 1. The van der Waals surface area contributed by atoms with Gasteiger partial charge in [-0.05, 0) is 40.8 Å². The van der Waals surface area contributed by atoms with Gasteiger partial charge in [0.05, 0.1) is 10.6 Å². The summed E-state index contributed by atoms with van der Waals surface area (Å²) in [5.41, 5.74) is 3.23. The van der Waals surface area contributed by atoms with Crippen molar-refractivity contribution in [2.75, 3.05) is 4.72 Å². The lowest BCUT2D eigenvalue weighted by Gasteiger charge is -2.19. The number of carboxylic acids is 1. The number of nitrogens with one attached hydrogen (secondary N) is 2. The van der Waals surface area contributed by atoms with Crippen LogP contribution in [0.5, 0.6) is 0 Å². The third kappa shape index (κ3) is 4.11. The number of sulfonamides is 1. The van der Waals surface area contributed by atoms with Crippen LogP contribution in [0.2, 0.25) is 0 Å². The maximum atomic E-state index is 12.9. The van der Waals surface area contributed by atoms with E-state index in [0.717, 1.165) is 11.1 Å². The number of hydrogen-bond acceptors (Lipinski definition) is 3. The number of H-pyrrole nitrogens is 1. The van der Waals surface area contributed by atoms with Gasteiger partial charge in [0.25, 0.3) is 10.0 Å². The van der Waals surface area contributed by atoms with E-state index in [4.69, 9.17) is 0 Å². The molecule has 0 saturated carbocycles. The lowest BCUT2D eigenvalue weighted by atomic mass is 9.87. The van der Waals surface area contributed by atoms with Gasteiger partial charge >= 0.3 is 5.97 Å². The Morgan fingerprint density at radius 3 is 2.19 bits per heavy atom. The number of aromatic carboxylic acids is 1. The van der Waals surface area contributed by atoms with Crippen molar-refractivity contribution in [3.8, 4) is 11.1 Å². The van der Waals surface area contributed by atoms with Crippen LogP contribution in [0.3, 0.4) is 0 Å². The van der Waals surface area contributed by atoms with Crippen molar-refractivity contribution >= 4 is 32.6 Å². The van der Waals surface area contributed by atoms with Gasteiger partial charge in [-0.15, -0.1) is 0 Å². The van der Waals surface area contributed by atoms with Crippen molar-refractivity contribution in [1.29, 1.82) is 0 Å². The fourth-order valence-corrected chi connectivity index (χ4v) is 4.72. The molecule has 3 N–H and O–H groups in total. The Morgan fingerprint density at radius 2 is 1.59 bits per heavy atom. The van der Waals surface area contributed by atoms with E-state index in [2.05, 4.69) is 30.5 Å². The molecular formula is C25H24N2O4S. The first-order valence-electron chi connectivity index (χ1n) is 10.1. The number of carboxylic acid groups (broad SMARTS) is 1. The predicted molar refractivity (Wildman–Crippen MR) is 127 cm³/mol. The topological polar surface area (TPSA) is 99.3 Å². The van der Waals surface area contributed by atoms with Gasteiger partial charge in [0, 0.05) is 16.5 Å². The van der Waals surface area contributed by atoms with Crippen molar-refractivity contribution in [3.63, 3.8) is 0 Å². The van der Waals surface area contributed by atoms with Crippen molar-refractivity contribution in [2.45, 2.75) is 31.1 Å². The quantitative estimate of drug-likeness (QED) is 0.368. The SMILES string of the molecule is CC(C)(C)c1ccc(S(=O)(=O)Nc2ccc3c(-c4ccccc4)c(C(=O)O)[nH]c3c2)cc1. The van der Waals surface area contributed by atoms with Gasteiger partial charge in [-0.1, -0.05) is 69.3 Å². The molecule has 32 heavy (non-hydrogen) atoms. The van der Waals surface area contributed by atoms with Crippen LogP contribution in [0.25, 0.3) is 22.0 Å². The molecule has 0 aliphatic carbocycles. The highest BCUT2D eigenvalue weighted by Crippen LogP contribution is 2.34. The van der Waals surface area contributed by atoms with Gasteiger partial charge in [-0.3, -0.25) is 4.72 Å². The first-order valence-corrected chi connectivity index (χ1v) is 11.6. The van der Waals surface area contributed by atoms with E-state index < -0.39 is 16.0 Å². The maximum Gasteiger partial charge on any atom is 0.352 e. The Kier molecular flexibility index (Phi) is 5.30. The van der Waals surface area contributed by atoms with E-state index in [1.807, 2.05) is 42.5 Å². The number of carbonyl (C=O) groups is 1. The summed E-state index contributed by atoms with van der Waals surface area (Å²) in [5.74, 6) is -1.08. The molecule has 4 aromatic rings. The second-order valence-corrected chi connectivity index (χ2v) is 10.4. The van der Waals surface area contributed by atoms with Gasteiger partial charge < -0.3 is 10.1 Å². The largest absolute Gasteiger partial charge is 0.477 e. The Morgan fingerprint density at radius 1 is 0.938 bits per heavy atom. The van der Waals surface area contributed by atoms with E-state index in [1.54, 1.807) is 30.3 Å². The van der Waals surface area contributed by atoms with E-state index in [-0.39, 0.29) is 16.0 Å². The van der Waals surface area contributed by atoms with Crippen LogP contribution < -0.4 is 4.72 Å². The number of aromatic nitrogens is 1. The Hall–Kier alpha value is -3.58. The summed E-state index contributed by atoms with van der Waals surface area (Å²) >= 11 is 0. The molecule has 7 heteroatoms. The van der Waals surface area contributed by atoms with Gasteiger partial charge in [0.1, 0.15) is 5.69 Å². The second kappa shape index (κ2) is 7.84. The van der Waals surface area contributed by atoms with E-state index in [9.17, 15) is 18.3 Å². The third-order valence-electron chi connectivity index (χ3n) is 5.36. The molecule has 6 nitrogen and oxygen atoms in total. The number of aromatic amines is 1. The first-order chi connectivity index (χ1) is 15.1. The van der Waals surface area contributed by atoms with Gasteiger partial charge in [-0.25, -0.2) is 13.2 Å². The molecule has 3 aromatic carbocycles. The van der Waals surface area contributed by atoms with Crippen LogP contribution in [0.1, 0.15) is 36.8 Å². The summed E-state index contributed by atoms with van der Waals surface area (Å²) in [5, 5.41) is 10.4. The van der Waals surface area contributed by atoms with Crippen molar-refractivity contribution in [2.24, 2.45) is 0 Å². The van der Waals surface area contributed by atoms with E-state index in [1.165, 1.54) is 0 Å². The summed E-state index contributed by atoms with van der Waals surface area (Å²) in [4.78, 5) is 14.9. The van der Waals surface area contributed by atoms with Crippen LogP contribution >= 0.6 is 0 Å². The highest BCUT2D eigenvalue weighted by atomic mass is 32.2. The minimum absolute atomic E-state index is 0.0592. The Bertz CT molecular complexity index is 1400. The second-order valence-electron chi connectivity index (χ2n) is 8.69. The number of hydrogen-bond donors (Lipinski definition) is 3. The molecule has 164 valence electrons. The molecule has 0 aliphatic rings. The maximum absolute atomic E-state index is 12.9. The highest BCUT2D eigenvalue weighted by Gasteiger charge is 2.21. The fourth-order valence-electron chi connectivity index (χ4n) is 3.67. The van der Waals surface area contributed by atoms with Crippen LogP contribution in [0.15, 0.2) is 77.7 Å². The molecule has 0 bridgehead atoms. The molecule has 0 spiro atoms. The van der Waals surface area contributed by atoms with Crippen LogP contribution in [-0.4, -0.2) is 24.5 Å². The molecule has 0 radical (unpaired) electrons. The number of rotatable bonds is 5. The summed E-state index contributed by atoms with van der Waals surface area (Å²) in [7, 11) is -3.80. The third-order valence-corrected chi connectivity index (χ3v) is 6.75. The molecule has 0 aliphatic heterocycles. The standard InChI is InChI=1S/C25H24N2O4S/c1-25(2,3)17-9-12-19(13-10-17)32(30,31)27-18-11-14-20-21(15-18)26-23(24(28)29)22(20)16-7-5-4-6-8-16/h4-15,26-27H,1-3H3,(H,28,29). The van der Waals surface area contributed by atoms with Crippen LogP contribution in [0, 0.1) is 0 Å². The molecule has 0 amide bonds. The molecule has 4 rings (SSSR count). The molecule has 1 aromatic heterocycles. The molecule has 0 fully saturated rings. The van der Waals surface area contributed by atoms with Gasteiger partial charge in [-0.2, -0.15) is 0 Å². The smallest absolute Gasteiger partial charge is 0.352 e. The van der Waals surface area contributed by atoms with Gasteiger partial charge in [0.2, 0.25) is 0 Å². The van der Waals surface area contributed by atoms with Crippen molar-refractivity contribution in [3.05, 3.63) is 84.1 Å². The average molecular weight is 449 g/mol. The minimum atomic E-state index is -3.80. The highest BCUT2D eigenvalue weighted by molar-refractivity contribution is 7.92. The van der Waals surface area contributed by atoms with Crippen LogP contribution in [-0.2, 0) is 15.4 Å². The fraction of sp³-hybridized carbons (Fsp3) is 0.160. The van der Waals surface area contributed by atoms with Crippen molar-refractivity contribution < 1.29 is 18.3 Å². The zero-order chi connectivity index (χ0) is 23.1. The monoisotopic (exact) mass is 448 g/mol.